The molecular weight excluding hydrogens is 483 g/mol. The smallest absolute Gasteiger partial charge is 0.271 e. The number of rotatable bonds is 6. The van der Waals surface area contributed by atoms with Gasteiger partial charge in [-0.2, -0.15) is 5.26 Å². The zero-order valence-electron chi connectivity index (χ0n) is 19.5. The molecule has 2 aliphatic rings. The molecule has 2 aromatic carbocycles. The van der Waals surface area contributed by atoms with Crippen molar-refractivity contribution in [2.45, 2.75) is 38.1 Å². The van der Waals surface area contributed by atoms with Crippen molar-refractivity contribution in [2.24, 2.45) is 5.92 Å². The lowest BCUT2D eigenvalue weighted by Crippen LogP contribution is -2.47. The molecule has 0 bridgehead atoms. The Hall–Kier alpha value is -3.54. The van der Waals surface area contributed by atoms with Crippen LogP contribution in [-0.4, -0.2) is 34.4 Å². The number of halogens is 2. The molecular formula is C27H24ClFN4O3. The van der Waals surface area contributed by atoms with E-state index in [-0.39, 0.29) is 33.7 Å². The van der Waals surface area contributed by atoms with Gasteiger partial charge in [-0.1, -0.05) is 23.7 Å². The number of piperidine rings is 1. The molecule has 9 heteroatoms. The van der Waals surface area contributed by atoms with E-state index in [0.717, 1.165) is 31.7 Å². The number of pyridine rings is 1. The van der Waals surface area contributed by atoms with Crippen molar-refractivity contribution in [1.82, 2.24) is 15.0 Å². The van der Waals surface area contributed by atoms with E-state index in [9.17, 15) is 18.8 Å². The number of carbonyl (C=O) groups excluding carboxylic acids is 2. The van der Waals surface area contributed by atoms with Crippen LogP contribution in [0.2, 0.25) is 5.02 Å². The number of hydrogen-bond donors (Lipinski definition) is 1. The van der Waals surface area contributed by atoms with E-state index >= 15 is 0 Å². The van der Waals surface area contributed by atoms with Gasteiger partial charge in [0.1, 0.15) is 11.4 Å². The van der Waals surface area contributed by atoms with Crippen molar-refractivity contribution >= 4 is 34.2 Å². The fourth-order valence-electron chi connectivity index (χ4n) is 4.72. The molecule has 1 saturated heterocycles. The molecule has 36 heavy (non-hydrogen) atoms. The summed E-state index contributed by atoms with van der Waals surface area (Å²) in [5.74, 6) is -1.01. The number of ketones is 1. The highest BCUT2D eigenvalue weighted by atomic mass is 35.5. The highest BCUT2D eigenvalue weighted by Gasteiger charge is 2.29. The maximum absolute atomic E-state index is 14.1. The van der Waals surface area contributed by atoms with E-state index in [1.165, 1.54) is 6.07 Å². The summed E-state index contributed by atoms with van der Waals surface area (Å²) in [6, 6.07) is 11.4. The maximum Gasteiger partial charge on any atom is 0.271 e. The third-order valence-electron chi connectivity index (χ3n) is 6.94. The first-order valence-corrected chi connectivity index (χ1v) is 12.3. The summed E-state index contributed by atoms with van der Waals surface area (Å²) in [7, 11) is 0. The second kappa shape index (κ2) is 9.84. The number of nitriles is 1. The number of benzene rings is 2. The molecule has 1 amide bonds. The fourth-order valence-corrected chi connectivity index (χ4v) is 4.88. The number of fused-ring (bicyclic) bond motifs is 1. The number of amides is 1. The Morgan fingerprint density at radius 3 is 2.44 bits per heavy atom. The molecule has 7 nitrogen and oxygen atoms in total. The molecule has 1 aromatic heterocycles. The molecule has 5 rings (SSSR count). The Morgan fingerprint density at radius 2 is 1.81 bits per heavy atom. The minimum Gasteiger partial charge on any atom is -0.343 e. The predicted octanol–water partition coefficient (Wildman–Crippen LogP) is 4.63. The average molecular weight is 507 g/mol. The lowest BCUT2D eigenvalue weighted by atomic mass is 9.90. The standard InChI is InChI=1S/C27H24ClFN4O3/c28-22-13-24-20(12-23(22)29)26(35)21(15-33(24)19-5-6-19)27(36)31-32-9-7-16(8-10-32)11-25(34)18-3-1-17(14-30)2-4-18/h1-4,12-13,15-16,19H,5-11H2,(H,31,36). The van der Waals surface area contributed by atoms with Gasteiger partial charge >= 0.3 is 0 Å². The van der Waals surface area contributed by atoms with Gasteiger partial charge in [-0.15, -0.1) is 0 Å². The Morgan fingerprint density at radius 1 is 1.11 bits per heavy atom. The number of hydrogen-bond acceptors (Lipinski definition) is 5. The van der Waals surface area contributed by atoms with Crippen molar-refractivity contribution in [2.75, 3.05) is 13.1 Å². The highest BCUT2D eigenvalue weighted by Crippen LogP contribution is 2.37. The van der Waals surface area contributed by atoms with Crippen LogP contribution in [0.5, 0.6) is 0 Å². The predicted molar refractivity (Wildman–Crippen MR) is 133 cm³/mol. The summed E-state index contributed by atoms with van der Waals surface area (Å²) in [6.07, 6.45) is 5.23. The first kappa shape index (κ1) is 24.2. The molecule has 184 valence electrons. The van der Waals surface area contributed by atoms with Gasteiger partial charge < -0.3 is 4.57 Å². The van der Waals surface area contributed by atoms with Crippen LogP contribution in [0.1, 0.15) is 64.4 Å². The number of hydrazine groups is 1. The zero-order valence-corrected chi connectivity index (χ0v) is 20.2. The van der Waals surface area contributed by atoms with Gasteiger partial charge in [0.05, 0.1) is 22.2 Å². The van der Waals surface area contributed by atoms with Crippen molar-refractivity contribution in [3.05, 3.63) is 80.3 Å². The quantitative estimate of drug-likeness (QED) is 0.492. The topological polar surface area (TPSA) is 95.2 Å². The third-order valence-corrected chi connectivity index (χ3v) is 7.23. The summed E-state index contributed by atoms with van der Waals surface area (Å²) in [5.41, 5.74) is 3.88. The molecule has 1 N–H and O–H groups in total. The molecule has 0 spiro atoms. The van der Waals surface area contributed by atoms with E-state index in [2.05, 4.69) is 5.43 Å². The molecule has 0 unspecified atom stereocenters. The van der Waals surface area contributed by atoms with E-state index in [4.69, 9.17) is 16.9 Å². The molecule has 0 radical (unpaired) electrons. The van der Waals surface area contributed by atoms with Crippen LogP contribution < -0.4 is 10.9 Å². The molecule has 2 heterocycles. The summed E-state index contributed by atoms with van der Waals surface area (Å²) < 4.78 is 16.0. The lowest BCUT2D eigenvalue weighted by molar-refractivity contribution is 0.0676. The molecule has 0 atom stereocenters. The lowest BCUT2D eigenvalue weighted by Gasteiger charge is -2.31. The van der Waals surface area contributed by atoms with Crippen LogP contribution >= 0.6 is 11.6 Å². The van der Waals surface area contributed by atoms with Crippen molar-refractivity contribution in [3.8, 4) is 6.07 Å². The van der Waals surface area contributed by atoms with Crippen molar-refractivity contribution in [3.63, 3.8) is 0 Å². The molecule has 3 aromatic rings. The minimum atomic E-state index is -0.696. The Balaban J connectivity index is 1.25. The van der Waals surface area contributed by atoms with Crippen LogP contribution in [0, 0.1) is 23.1 Å². The number of nitrogens with one attached hydrogen (secondary N) is 1. The number of nitrogens with zero attached hydrogens (tertiary/aromatic N) is 3. The number of aromatic nitrogens is 1. The largest absolute Gasteiger partial charge is 0.343 e. The molecule has 1 aliphatic carbocycles. The minimum absolute atomic E-state index is 0.0331. The van der Waals surface area contributed by atoms with Crippen LogP contribution in [0.25, 0.3) is 10.9 Å². The number of Topliss-reactive ketones (excluding diaryl/α,β-unsaturated/α-hetero) is 1. The number of carbonyl (C=O) groups is 2. The molecule has 1 aliphatic heterocycles. The highest BCUT2D eigenvalue weighted by molar-refractivity contribution is 6.31. The molecule has 2 fully saturated rings. The SMILES string of the molecule is N#Cc1ccc(C(=O)CC2CCN(NC(=O)c3cn(C4CC4)c4cc(Cl)c(F)cc4c3=O)CC2)cc1. The van der Waals surface area contributed by atoms with E-state index < -0.39 is 17.2 Å². The van der Waals surface area contributed by atoms with Crippen molar-refractivity contribution in [1.29, 1.82) is 5.26 Å². The van der Waals surface area contributed by atoms with Crippen molar-refractivity contribution < 1.29 is 14.0 Å². The molecule has 1 saturated carbocycles. The fraction of sp³-hybridized carbons (Fsp3) is 0.333. The van der Waals surface area contributed by atoms with Crippen LogP contribution in [0.15, 0.2) is 47.4 Å². The first-order chi connectivity index (χ1) is 17.3. The monoisotopic (exact) mass is 506 g/mol. The van der Waals surface area contributed by atoms with E-state index in [0.29, 0.717) is 36.2 Å². The van der Waals surface area contributed by atoms with E-state index in [1.54, 1.807) is 35.5 Å². The van der Waals surface area contributed by atoms with Crippen LogP contribution in [0.3, 0.4) is 0 Å². The summed E-state index contributed by atoms with van der Waals surface area (Å²) in [5, 5.41) is 10.7. The summed E-state index contributed by atoms with van der Waals surface area (Å²) >= 11 is 5.95. The average Bonchev–Trinajstić information content (AvgIpc) is 3.72. The summed E-state index contributed by atoms with van der Waals surface area (Å²) in [6.45, 7) is 1.09. The van der Waals surface area contributed by atoms with Gasteiger partial charge in [0, 0.05) is 42.7 Å². The van der Waals surface area contributed by atoms with Gasteiger partial charge in [0.2, 0.25) is 5.43 Å². The van der Waals surface area contributed by atoms with Gasteiger partial charge in [-0.05, 0) is 55.9 Å². The zero-order chi connectivity index (χ0) is 25.4. The normalized spacial score (nSPS) is 16.6. The van der Waals surface area contributed by atoms with Gasteiger partial charge in [-0.3, -0.25) is 19.8 Å². The van der Waals surface area contributed by atoms with Gasteiger partial charge in [0.15, 0.2) is 5.78 Å². The van der Waals surface area contributed by atoms with Crippen LogP contribution in [0.4, 0.5) is 4.39 Å². The Kier molecular flexibility index (Phi) is 6.61. The second-order valence-corrected chi connectivity index (χ2v) is 9.89. The first-order valence-electron chi connectivity index (χ1n) is 12.0. The van der Waals surface area contributed by atoms with Gasteiger partial charge in [-0.25, -0.2) is 9.40 Å². The van der Waals surface area contributed by atoms with E-state index in [1.807, 2.05) is 10.6 Å². The summed E-state index contributed by atoms with van der Waals surface area (Å²) in [4.78, 5) is 38.7. The third kappa shape index (κ3) is 4.90. The Bertz CT molecular complexity index is 1450. The van der Waals surface area contributed by atoms with Crippen LogP contribution in [-0.2, 0) is 0 Å². The second-order valence-electron chi connectivity index (χ2n) is 9.48. The van der Waals surface area contributed by atoms with Gasteiger partial charge in [0.25, 0.3) is 5.91 Å². The maximum atomic E-state index is 14.1. The Labute approximate surface area is 212 Å².